The van der Waals surface area contributed by atoms with Gasteiger partial charge in [-0.25, -0.2) is 15.0 Å². The highest BCUT2D eigenvalue weighted by Gasteiger charge is 2.50. The van der Waals surface area contributed by atoms with Crippen molar-refractivity contribution in [3.8, 4) is 56.4 Å². The Kier molecular flexibility index (Phi) is 7.25. The van der Waals surface area contributed by atoms with E-state index in [-0.39, 0.29) is 0 Å². The first-order valence-corrected chi connectivity index (χ1v) is 20.8. The molecule has 12 rings (SSSR count). The first-order chi connectivity index (χ1) is 28.2. The van der Waals surface area contributed by atoms with Crippen LogP contribution >= 0.6 is 23.1 Å². The highest BCUT2D eigenvalue weighted by molar-refractivity contribution is 7.99. The van der Waals surface area contributed by atoms with Crippen molar-refractivity contribution in [1.82, 2.24) is 15.0 Å². The summed E-state index contributed by atoms with van der Waals surface area (Å²) >= 11 is 3.73. The van der Waals surface area contributed by atoms with E-state index in [9.17, 15) is 0 Å². The number of hydrogen-bond acceptors (Lipinski definition) is 5. The third-order valence-corrected chi connectivity index (χ3v) is 14.0. The van der Waals surface area contributed by atoms with E-state index in [4.69, 9.17) is 15.0 Å². The van der Waals surface area contributed by atoms with Crippen LogP contribution in [0, 0.1) is 0 Å². The van der Waals surface area contributed by atoms with Gasteiger partial charge in [0.2, 0.25) is 0 Å². The molecule has 0 saturated heterocycles. The van der Waals surface area contributed by atoms with E-state index in [1.165, 1.54) is 68.9 Å². The molecule has 1 spiro atoms. The molecule has 1 aliphatic heterocycles. The molecule has 1 aliphatic carbocycles. The second-order valence-electron chi connectivity index (χ2n) is 14.7. The summed E-state index contributed by atoms with van der Waals surface area (Å²) in [5, 5.41) is 2.47. The van der Waals surface area contributed by atoms with Crippen molar-refractivity contribution < 1.29 is 0 Å². The van der Waals surface area contributed by atoms with Crippen LogP contribution in [0.5, 0.6) is 0 Å². The van der Waals surface area contributed by atoms with Crippen LogP contribution in [0.1, 0.15) is 22.3 Å². The topological polar surface area (TPSA) is 38.7 Å². The molecule has 2 aliphatic rings. The molecule has 266 valence electrons. The molecule has 0 radical (unpaired) electrons. The fourth-order valence-electron chi connectivity index (χ4n) is 9.11. The number of thiophene rings is 1. The standard InChI is InChI=1S/C52H31N3S2/c1-3-14-32(15-4-1)33-26-28-35(29-27-33)50-53-49(34-16-5-2-6-17-34)54-51(55-50)39-21-13-20-38-40-30-47-44(31-46(40)57-48(38)39)52(43-24-11-12-25-45(43)56-47)41-22-9-7-18-36(41)37-19-8-10-23-42(37)52/h1-31H. The van der Waals surface area contributed by atoms with Crippen LogP contribution in [0.2, 0.25) is 0 Å². The number of benzene rings is 8. The fraction of sp³-hybridized carbons (Fsp3) is 0.0192. The van der Waals surface area contributed by atoms with Gasteiger partial charge in [0.05, 0.1) is 5.41 Å². The third kappa shape index (κ3) is 4.89. The van der Waals surface area contributed by atoms with Gasteiger partial charge in [-0.05, 0) is 68.8 Å². The zero-order valence-corrected chi connectivity index (χ0v) is 32.2. The molecule has 3 nitrogen and oxygen atoms in total. The van der Waals surface area contributed by atoms with Crippen LogP contribution in [0.3, 0.4) is 0 Å². The Morgan fingerprint density at radius 3 is 1.58 bits per heavy atom. The molecule has 3 heterocycles. The van der Waals surface area contributed by atoms with E-state index < -0.39 is 5.41 Å². The highest BCUT2D eigenvalue weighted by Crippen LogP contribution is 2.63. The molecule has 0 unspecified atom stereocenters. The van der Waals surface area contributed by atoms with Crippen LogP contribution < -0.4 is 0 Å². The van der Waals surface area contributed by atoms with Gasteiger partial charge in [-0.2, -0.15) is 0 Å². The lowest BCUT2D eigenvalue weighted by Crippen LogP contribution is -2.31. The smallest absolute Gasteiger partial charge is 0.165 e. The maximum absolute atomic E-state index is 5.21. The van der Waals surface area contributed by atoms with Crippen molar-refractivity contribution in [3.63, 3.8) is 0 Å². The van der Waals surface area contributed by atoms with Gasteiger partial charge in [0.25, 0.3) is 0 Å². The molecule has 2 aromatic heterocycles. The van der Waals surface area contributed by atoms with E-state index in [0.29, 0.717) is 17.5 Å². The molecular formula is C52H31N3S2. The summed E-state index contributed by atoms with van der Waals surface area (Å²) in [6.07, 6.45) is 0. The minimum atomic E-state index is -0.415. The Bertz CT molecular complexity index is 3160. The van der Waals surface area contributed by atoms with Gasteiger partial charge < -0.3 is 0 Å². The Morgan fingerprint density at radius 2 is 0.877 bits per heavy atom. The molecule has 10 aromatic rings. The molecule has 0 saturated carbocycles. The Morgan fingerprint density at radius 1 is 0.351 bits per heavy atom. The Labute approximate surface area is 338 Å². The summed E-state index contributed by atoms with van der Waals surface area (Å²) in [4.78, 5) is 18.0. The molecule has 0 fully saturated rings. The number of nitrogens with zero attached hydrogens (tertiary/aromatic N) is 3. The monoisotopic (exact) mass is 761 g/mol. The van der Waals surface area contributed by atoms with Gasteiger partial charge >= 0.3 is 0 Å². The number of rotatable bonds is 4. The molecule has 8 aromatic carbocycles. The molecule has 0 bridgehead atoms. The van der Waals surface area contributed by atoms with Crippen LogP contribution in [-0.4, -0.2) is 15.0 Å². The van der Waals surface area contributed by atoms with Crippen LogP contribution in [-0.2, 0) is 5.41 Å². The van der Waals surface area contributed by atoms with Crippen molar-refractivity contribution in [2.45, 2.75) is 15.2 Å². The molecule has 57 heavy (non-hydrogen) atoms. The third-order valence-electron chi connectivity index (χ3n) is 11.6. The zero-order chi connectivity index (χ0) is 37.5. The van der Waals surface area contributed by atoms with Crippen LogP contribution in [0.15, 0.2) is 198 Å². The Balaban J connectivity index is 1.07. The number of aromatic nitrogens is 3. The highest BCUT2D eigenvalue weighted by atomic mass is 32.2. The molecule has 0 N–H and O–H groups in total. The first kappa shape index (κ1) is 32.6. The summed E-state index contributed by atoms with van der Waals surface area (Å²) in [7, 11) is 0. The number of fused-ring (bicyclic) bond motifs is 12. The second kappa shape index (κ2) is 12.7. The average Bonchev–Trinajstić information content (AvgIpc) is 3.80. The molecular weight excluding hydrogens is 731 g/mol. The van der Waals surface area contributed by atoms with Gasteiger partial charge in [0.15, 0.2) is 17.5 Å². The summed E-state index contributed by atoms with van der Waals surface area (Å²) in [5.41, 5.74) is 12.9. The van der Waals surface area contributed by atoms with Gasteiger partial charge in [-0.15, -0.1) is 11.3 Å². The maximum Gasteiger partial charge on any atom is 0.165 e. The van der Waals surface area contributed by atoms with Crippen molar-refractivity contribution in [2.24, 2.45) is 0 Å². The van der Waals surface area contributed by atoms with E-state index in [1.807, 2.05) is 47.4 Å². The largest absolute Gasteiger partial charge is 0.208 e. The number of hydrogen-bond donors (Lipinski definition) is 0. The SMILES string of the molecule is c1ccc(-c2ccc(-c3nc(-c4ccccc4)nc(-c4cccc5c4sc4cc6c(cc45)Sc4ccccc4C64c5ccccc5-c5ccccc54)n3)cc2)cc1. The predicted molar refractivity (Wildman–Crippen MR) is 236 cm³/mol. The van der Waals surface area contributed by atoms with Crippen LogP contribution in [0.4, 0.5) is 0 Å². The van der Waals surface area contributed by atoms with Crippen molar-refractivity contribution in [2.75, 3.05) is 0 Å². The van der Waals surface area contributed by atoms with E-state index in [1.54, 1.807) is 0 Å². The lowest BCUT2D eigenvalue weighted by Gasteiger charge is -2.39. The van der Waals surface area contributed by atoms with Crippen LogP contribution in [0.25, 0.3) is 76.6 Å². The molecule has 0 atom stereocenters. The summed E-state index contributed by atoms with van der Waals surface area (Å²) < 4.78 is 2.43. The first-order valence-electron chi connectivity index (χ1n) is 19.2. The van der Waals surface area contributed by atoms with Gasteiger partial charge in [0.1, 0.15) is 0 Å². The minimum Gasteiger partial charge on any atom is -0.208 e. The quantitative estimate of drug-likeness (QED) is 0.179. The van der Waals surface area contributed by atoms with Gasteiger partial charge in [0, 0.05) is 46.7 Å². The summed E-state index contributed by atoms with van der Waals surface area (Å²) in [6, 6.07) is 67.7. The summed E-state index contributed by atoms with van der Waals surface area (Å²) in [6.45, 7) is 0. The molecule has 0 amide bonds. The Hall–Kier alpha value is -6.66. The zero-order valence-electron chi connectivity index (χ0n) is 30.6. The minimum absolute atomic E-state index is 0.415. The van der Waals surface area contributed by atoms with E-state index in [2.05, 4.69) is 164 Å². The predicted octanol–water partition coefficient (Wildman–Crippen LogP) is 13.7. The van der Waals surface area contributed by atoms with Gasteiger partial charge in [-0.1, -0.05) is 176 Å². The lowest BCUT2D eigenvalue weighted by molar-refractivity contribution is 0.724. The average molecular weight is 762 g/mol. The maximum atomic E-state index is 5.21. The van der Waals surface area contributed by atoms with Gasteiger partial charge in [-0.3, -0.25) is 0 Å². The normalized spacial score (nSPS) is 13.3. The van der Waals surface area contributed by atoms with Crippen molar-refractivity contribution in [1.29, 1.82) is 0 Å². The van der Waals surface area contributed by atoms with Crippen molar-refractivity contribution >= 4 is 43.3 Å². The van der Waals surface area contributed by atoms with E-state index >= 15 is 0 Å². The fourth-order valence-corrected chi connectivity index (χ4v) is 11.6. The van der Waals surface area contributed by atoms with Crippen molar-refractivity contribution in [3.05, 3.63) is 210 Å². The summed E-state index contributed by atoms with van der Waals surface area (Å²) in [5.74, 6) is 1.98. The van der Waals surface area contributed by atoms with E-state index in [0.717, 1.165) is 22.3 Å². The second-order valence-corrected chi connectivity index (χ2v) is 16.8. The molecule has 5 heteroatoms. The lowest BCUT2D eigenvalue weighted by atomic mass is 9.67.